The van der Waals surface area contributed by atoms with Gasteiger partial charge in [0.2, 0.25) is 0 Å². The molecule has 0 aromatic heterocycles. The summed E-state index contributed by atoms with van der Waals surface area (Å²) in [6, 6.07) is -0.441. The van der Waals surface area contributed by atoms with Crippen LogP contribution in [0.25, 0.3) is 0 Å². The Balaban J connectivity index is -0.000000405. The van der Waals surface area contributed by atoms with Crippen molar-refractivity contribution in [2.75, 3.05) is 13.6 Å². The van der Waals surface area contributed by atoms with Gasteiger partial charge in [0.25, 0.3) is 0 Å². The van der Waals surface area contributed by atoms with Crippen LogP contribution >= 0.6 is 24.8 Å². The van der Waals surface area contributed by atoms with Crippen molar-refractivity contribution in [2.24, 2.45) is 5.73 Å². The second-order valence-electron chi connectivity index (χ2n) is 2.11. The number of hydrogen-bond donors (Lipinski definition) is 3. The van der Waals surface area contributed by atoms with Gasteiger partial charge >= 0.3 is 5.97 Å². The fourth-order valence-electron chi connectivity index (χ4n) is 0.713. The number of nitrogens with two attached hydrogens (primary N) is 1. The van der Waals surface area contributed by atoms with E-state index in [1.807, 2.05) is 0 Å². The molecule has 0 amide bonds. The van der Waals surface area contributed by atoms with E-state index >= 15 is 0 Å². The summed E-state index contributed by atoms with van der Waals surface area (Å²) in [6.45, 7) is 0.547. The first-order valence-corrected chi connectivity index (χ1v) is 3.32. The molecule has 0 heterocycles. The number of hydrogen-bond acceptors (Lipinski definition) is 3. The van der Waals surface area contributed by atoms with E-state index in [0.29, 0.717) is 13.0 Å². The first-order chi connectivity index (χ1) is 4.72. The third-order valence-corrected chi connectivity index (χ3v) is 1.34. The molecule has 0 rings (SSSR count). The molecule has 12 heavy (non-hydrogen) atoms. The van der Waals surface area contributed by atoms with E-state index in [2.05, 4.69) is 5.32 Å². The maximum atomic E-state index is 10.3. The lowest BCUT2D eigenvalue weighted by atomic mass is 10.1. The summed E-state index contributed by atoms with van der Waals surface area (Å²) in [7, 11) is 1.63. The zero-order valence-corrected chi connectivity index (χ0v) is 8.58. The van der Waals surface area contributed by atoms with Crippen molar-refractivity contribution in [1.29, 1.82) is 0 Å². The van der Waals surface area contributed by atoms with E-state index in [-0.39, 0.29) is 24.8 Å². The normalized spacial score (nSPS) is 10.8. The van der Waals surface area contributed by atoms with Crippen molar-refractivity contribution >= 4 is 30.8 Å². The Kier molecular flexibility index (Phi) is 16.4. The van der Waals surface area contributed by atoms with Crippen LogP contribution in [0.2, 0.25) is 0 Å². The number of carbonyl (C=O) groups is 1. The molecule has 0 spiro atoms. The summed E-state index contributed by atoms with van der Waals surface area (Å²) in [5.74, 6) is -0.809. The number of nitrogens with one attached hydrogen (secondary N) is 1. The molecule has 0 fully saturated rings. The third kappa shape index (κ3) is 8.07. The summed E-state index contributed by atoms with van der Waals surface area (Å²) >= 11 is 0. The predicted molar refractivity (Wildman–Crippen MR) is 53.3 cm³/mol. The highest BCUT2D eigenvalue weighted by Gasteiger charge is 2.12. The topological polar surface area (TPSA) is 75.3 Å². The Morgan fingerprint density at radius 1 is 1.58 bits per heavy atom. The van der Waals surface area contributed by atoms with Gasteiger partial charge in [-0.15, -0.1) is 24.8 Å². The molecule has 4 nitrogen and oxygen atoms in total. The van der Waals surface area contributed by atoms with Gasteiger partial charge in [-0.2, -0.15) is 0 Å². The van der Waals surface area contributed by atoms with Crippen molar-refractivity contribution in [3.05, 3.63) is 0 Å². The highest BCUT2D eigenvalue weighted by molar-refractivity contribution is 5.85. The molecule has 4 N–H and O–H groups in total. The van der Waals surface area contributed by atoms with Gasteiger partial charge in [0, 0.05) is 0 Å². The number of carboxylic acids is 1. The Bertz CT molecular complexity index is 114. The molecule has 0 aliphatic heterocycles. The Labute approximate surface area is 84.7 Å². The quantitative estimate of drug-likeness (QED) is 0.619. The molecule has 0 aromatic carbocycles. The minimum absolute atomic E-state index is 0. The van der Waals surface area contributed by atoms with Gasteiger partial charge < -0.3 is 16.2 Å². The van der Waals surface area contributed by atoms with Crippen LogP contribution in [0.1, 0.15) is 12.8 Å². The van der Waals surface area contributed by atoms with Crippen LogP contribution < -0.4 is 11.1 Å². The summed E-state index contributed by atoms with van der Waals surface area (Å²) < 4.78 is 0. The fourth-order valence-corrected chi connectivity index (χ4v) is 0.713. The van der Waals surface area contributed by atoms with Gasteiger partial charge in [-0.05, 0) is 26.4 Å². The third-order valence-electron chi connectivity index (χ3n) is 1.34. The van der Waals surface area contributed by atoms with Gasteiger partial charge in [0.05, 0.1) is 0 Å². The molecule has 0 aliphatic carbocycles. The SMILES string of the molecule is CN[C@@H](CCCN)C(=O)O.Cl.Cl. The van der Waals surface area contributed by atoms with E-state index in [1.165, 1.54) is 0 Å². The molecular weight excluding hydrogens is 203 g/mol. The Hall–Kier alpha value is -0.0300. The highest BCUT2D eigenvalue weighted by atomic mass is 35.5. The average Bonchev–Trinajstić information content (AvgIpc) is 1.89. The lowest BCUT2D eigenvalue weighted by molar-refractivity contribution is -0.139. The summed E-state index contributed by atoms with van der Waals surface area (Å²) in [5, 5.41) is 11.2. The Morgan fingerprint density at radius 2 is 2.08 bits per heavy atom. The maximum Gasteiger partial charge on any atom is 0.320 e. The monoisotopic (exact) mass is 218 g/mol. The van der Waals surface area contributed by atoms with Crippen molar-refractivity contribution in [1.82, 2.24) is 5.32 Å². The summed E-state index contributed by atoms with van der Waals surface area (Å²) in [5.41, 5.74) is 5.21. The van der Waals surface area contributed by atoms with Crippen LogP contribution in [0.4, 0.5) is 0 Å². The van der Waals surface area contributed by atoms with E-state index in [1.54, 1.807) is 7.05 Å². The lowest BCUT2D eigenvalue weighted by Gasteiger charge is -2.08. The number of halogens is 2. The molecule has 0 bridgehead atoms. The summed E-state index contributed by atoms with van der Waals surface area (Å²) in [4.78, 5) is 10.3. The number of carboxylic acid groups (broad SMARTS) is 1. The molecule has 0 saturated heterocycles. The molecule has 0 radical (unpaired) electrons. The molecular formula is C6H16Cl2N2O2. The van der Waals surface area contributed by atoms with Crippen LogP contribution in [-0.2, 0) is 4.79 Å². The first-order valence-electron chi connectivity index (χ1n) is 3.32. The van der Waals surface area contributed by atoms with E-state index in [0.717, 1.165) is 6.42 Å². The minimum atomic E-state index is -0.809. The first kappa shape index (κ1) is 17.9. The van der Waals surface area contributed by atoms with Gasteiger partial charge in [0.1, 0.15) is 6.04 Å². The highest BCUT2D eigenvalue weighted by Crippen LogP contribution is 1.94. The molecule has 0 aliphatic rings. The minimum Gasteiger partial charge on any atom is -0.480 e. The van der Waals surface area contributed by atoms with Gasteiger partial charge in [-0.25, -0.2) is 0 Å². The second-order valence-corrected chi connectivity index (χ2v) is 2.11. The largest absolute Gasteiger partial charge is 0.480 e. The van der Waals surface area contributed by atoms with Crippen molar-refractivity contribution in [2.45, 2.75) is 18.9 Å². The van der Waals surface area contributed by atoms with Gasteiger partial charge in [-0.1, -0.05) is 0 Å². The van der Waals surface area contributed by atoms with E-state index in [4.69, 9.17) is 10.8 Å². The Morgan fingerprint density at radius 3 is 2.33 bits per heavy atom. The number of rotatable bonds is 5. The predicted octanol–water partition coefficient (Wildman–Crippen LogP) is 0.242. The molecule has 0 unspecified atom stereocenters. The van der Waals surface area contributed by atoms with Crippen molar-refractivity contribution in [3.8, 4) is 0 Å². The lowest BCUT2D eigenvalue weighted by Crippen LogP contribution is -2.34. The van der Waals surface area contributed by atoms with Crippen LogP contribution in [0.5, 0.6) is 0 Å². The fraction of sp³-hybridized carbons (Fsp3) is 0.833. The van der Waals surface area contributed by atoms with Crippen LogP contribution in [-0.4, -0.2) is 30.7 Å². The zero-order valence-electron chi connectivity index (χ0n) is 6.95. The molecule has 0 saturated carbocycles. The van der Waals surface area contributed by atoms with E-state index in [9.17, 15) is 4.79 Å². The van der Waals surface area contributed by atoms with Crippen LogP contribution in [0.15, 0.2) is 0 Å². The van der Waals surface area contributed by atoms with Crippen molar-refractivity contribution < 1.29 is 9.90 Å². The molecule has 0 aromatic rings. The number of aliphatic carboxylic acids is 1. The number of likely N-dealkylation sites (N-methyl/N-ethyl adjacent to an activating group) is 1. The molecule has 6 heteroatoms. The summed E-state index contributed by atoms with van der Waals surface area (Å²) in [6.07, 6.45) is 1.35. The molecule has 1 atom stereocenters. The smallest absolute Gasteiger partial charge is 0.320 e. The average molecular weight is 219 g/mol. The van der Waals surface area contributed by atoms with Crippen LogP contribution in [0.3, 0.4) is 0 Å². The van der Waals surface area contributed by atoms with Crippen LogP contribution in [0, 0.1) is 0 Å². The zero-order chi connectivity index (χ0) is 7.98. The second kappa shape index (κ2) is 11.0. The maximum absolute atomic E-state index is 10.3. The standard InChI is InChI=1S/C6H14N2O2.2ClH/c1-8-5(6(9)10)3-2-4-7;;/h5,8H,2-4,7H2,1H3,(H,9,10);2*1H/t5-;;/m0../s1. The molecule has 76 valence electrons. The van der Waals surface area contributed by atoms with E-state index < -0.39 is 12.0 Å². The van der Waals surface area contributed by atoms with Gasteiger partial charge in [-0.3, -0.25) is 4.79 Å². The van der Waals surface area contributed by atoms with Crippen molar-refractivity contribution in [3.63, 3.8) is 0 Å². The van der Waals surface area contributed by atoms with Gasteiger partial charge in [0.15, 0.2) is 0 Å².